The molecule has 0 bridgehead atoms. The van der Waals surface area contributed by atoms with Crippen LogP contribution in [-0.2, 0) is 11.8 Å². The maximum Gasteiger partial charge on any atom is 0.162 e. The Hall–Kier alpha value is -2.67. The van der Waals surface area contributed by atoms with Crippen LogP contribution in [0, 0.1) is 11.3 Å². The van der Waals surface area contributed by atoms with Gasteiger partial charge in [-0.25, -0.2) is 0 Å². The molecule has 0 N–H and O–H groups in total. The zero-order chi connectivity index (χ0) is 17.4. The van der Waals surface area contributed by atoms with Crippen LogP contribution in [0.5, 0.6) is 11.5 Å². The number of hydrogen-bond donors (Lipinski definition) is 0. The molecule has 2 aliphatic heterocycles. The highest BCUT2D eigenvalue weighted by atomic mass is 16.5. The molecule has 0 spiro atoms. The van der Waals surface area contributed by atoms with Crippen molar-refractivity contribution in [2.45, 2.75) is 30.7 Å². The van der Waals surface area contributed by atoms with E-state index in [0.29, 0.717) is 12.2 Å². The number of methoxy groups -OCH3 is 2. The summed E-state index contributed by atoms with van der Waals surface area (Å²) in [5.74, 6) is 1.41. The molecular weight excluding hydrogens is 312 g/mol. The molecule has 0 aliphatic carbocycles. The second-order valence-electron chi connectivity index (χ2n) is 6.82. The van der Waals surface area contributed by atoms with E-state index in [9.17, 15) is 5.26 Å². The summed E-state index contributed by atoms with van der Waals surface area (Å²) >= 11 is 0. The first-order chi connectivity index (χ1) is 12.2. The first kappa shape index (κ1) is 15.8. The Morgan fingerprint density at radius 1 is 1.16 bits per heavy atom. The quantitative estimate of drug-likeness (QED) is 0.855. The minimum absolute atomic E-state index is 0.213. The van der Waals surface area contributed by atoms with Gasteiger partial charge in [0.05, 0.1) is 26.3 Å². The topological polar surface area (TPSA) is 45.5 Å². The summed E-state index contributed by atoms with van der Waals surface area (Å²) in [6.07, 6.45) is 2.88. The Labute approximate surface area is 148 Å². The van der Waals surface area contributed by atoms with Gasteiger partial charge in [-0.2, -0.15) is 5.26 Å². The van der Waals surface area contributed by atoms with Gasteiger partial charge in [-0.3, -0.25) is 0 Å². The number of nitrogens with zero attached hydrogens (tertiary/aromatic N) is 2. The van der Waals surface area contributed by atoms with E-state index < -0.39 is 5.41 Å². The summed E-state index contributed by atoms with van der Waals surface area (Å²) < 4.78 is 11.0. The summed E-state index contributed by atoms with van der Waals surface area (Å²) in [6.45, 7) is 0.991. The summed E-state index contributed by atoms with van der Waals surface area (Å²) in [4.78, 5) is 2.39. The summed E-state index contributed by atoms with van der Waals surface area (Å²) in [5.41, 5.74) is 2.84. The van der Waals surface area contributed by atoms with Crippen LogP contribution in [0.3, 0.4) is 0 Å². The summed E-state index contributed by atoms with van der Waals surface area (Å²) in [7, 11) is 3.30. The lowest BCUT2D eigenvalue weighted by atomic mass is 9.72. The standard InChI is InChI=1S/C21H22N2O2/c1-24-18-11-16-17(12-19(18)25-2)23-10-6-9-20(23)21(16,14-22)13-15-7-4-3-5-8-15/h3-5,7-8,11-12,20H,6,9-10,13H2,1-2H3/t20-,21-/m1/s1. The van der Waals surface area contributed by atoms with Gasteiger partial charge in [0.2, 0.25) is 0 Å². The highest BCUT2D eigenvalue weighted by Gasteiger charge is 2.53. The van der Waals surface area contributed by atoms with Crippen LogP contribution in [0.1, 0.15) is 24.0 Å². The van der Waals surface area contributed by atoms with E-state index in [1.54, 1.807) is 14.2 Å². The average Bonchev–Trinajstić information content (AvgIpc) is 3.23. The van der Waals surface area contributed by atoms with Gasteiger partial charge in [0.25, 0.3) is 0 Å². The molecule has 0 saturated carbocycles. The molecule has 2 atom stereocenters. The Morgan fingerprint density at radius 3 is 2.56 bits per heavy atom. The molecule has 2 aliphatic rings. The van der Waals surface area contributed by atoms with E-state index in [1.807, 2.05) is 30.3 Å². The van der Waals surface area contributed by atoms with E-state index in [-0.39, 0.29) is 6.04 Å². The number of nitriles is 1. The molecule has 0 radical (unpaired) electrons. The van der Waals surface area contributed by atoms with Crippen molar-refractivity contribution in [3.63, 3.8) is 0 Å². The number of anilines is 1. The Bertz CT molecular complexity index is 828. The largest absolute Gasteiger partial charge is 0.493 e. The Balaban J connectivity index is 1.89. The van der Waals surface area contributed by atoms with Crippen molar-refractivity contribution in [2.24, 2.45) is 0 Å². The van der Waals surface area contributed by atoms with Gasteiger partial charge in [0.1, 0.15) is 5.41 Å². The number of fused-ring (bicyclic) bond motifs is 3. The second-order valence-corrected chi connectivity index (χ2v) is 6.82. The zero-order valence-corrected chi connectivity index (χ0v) is 14.7. The fourth-order valence-corrected chi connectivity index (χ4v) is 4.52. The molecule has 1 saturated heterocycles. The smallest absolute Gasteiger partial charge is 0.162 e. The van der Waals surface area contributed by atoms with E-state index in [0.717, 1.165) is 36.4 Å². The van der Waals surface area contributed by atoms with Gasteiger partial charge in [-0.05, 0) is 30.9 Å². The number of benzene rings is 2. The van der Waals surface area contributed by atoms with Crippen LogP contribution in [-0.4, -0.2) is 26.8 Å². The van der Waals surface area contributed by atoms with Gasteiger partial charge in [0, 0.05) is 23.9 Å². The molecule has 4 heteroatoms. The van der Waals surface area contributed by atoms with E-state index >= 15 is 0 Å². The summed E-state index contributed by atoms with van der Waals surface area (Å²) in [5, 5.41) is 10.3. The third-order valence-corrected chi connectivity index (χ3v) is 5.64. The fraction of sp³-hybridized carbons (Fsp3) is 0.381. The van der Waals surface area contributed by atoms with Crippen molar-refractivity contribution in [2.75, 3.05) is 25.7 Å². The molecule has 128 valence electrons. The third kappa shape index (κ3) is 2.26. The van der Waals surface area contributed by atoms with Crippen LogP contribution in [0.15, 0.2) is 42.5 Å². The van der Waals surface area contributed by atoms with Crippen LogP contribution in [0.2, 0.25) is 0 Å². The van der Waals surface area contributed by atoms with Gasteiger partial charge in [-0.15, -0.1) is 0 Å². The lowest BCUT2D eigenvalue weighted by Crippen LogP contribution is -2.41. The lowest BCUT2D eigenvalue weighted by molar-refractivity contribution is 0.354. The monoisotopic (exact) mass is 334 g/mol. The maximum atomic E-state index is 10.3. The molecule has 1 fully saturated rings. The minimum Gasteiger partial charge on any atom is -0.493 e. The predicted molar refractivity (Wildman–Crippen MR) is 97.4 cm³/mol. The van der Waals surface area contributed by atoms with Crippen molar-refractivity contribution in [1.82, 2.24) is 0 Å². The molecular formula is C21H22N2O2. The van der Waals surface area contributed by atoms with Crippen molar-refractivity contribution in [1.29, 1.82) is 5.26 Å². The fourth-order valence-electron chi connectivity index (χ4n) is 4.52. The number of rotatable bonds is 4. The normalized spacial score (nSPS) is 23.7. The first-order valence-corrected chi connectivity index (χ1v) is 8.72. The first-order valence-electron chi connectivity index (χ1n) is 8.72. The van der Waals surface area contributed by atoms with Gasteiger partial charge in [-0.1, -0.05) is 30.3 Å². The molecule has 2 aromatic carbocycles. The van der Waals surface area contributed by atoms with Crippen molar-refractivity contribution < 1.29 is 9.47 Å². The van der Waals surface area contributed by atoms with Crippen molar-refractivity contribution in [3.05, 3.63) is 53.6 Å². The number of ether oxygens (including phenoxy) is 2. The van der Waals surface area contributed by atoms with Gasteiger partial charge >= 0.3 is 0 Å². The minimum atomic E-state index is -0.549. The molecule has 2 aromatic rings. The Kier molecular flexibility index (Phi) is 3.80. The summed E-state index contributed by atoms with van der Waals surface area (Å²) in [6, 6.07) is 17.3. The highest BCUT2D eigenvalue weighted by Crippen LogP contribution is 2.53. The number of hydrogen-bond acceptors (Lipinski definition) is 4. The van der Waals surface area contributed by atoms with E-state index in [4.69, 9.17) is 9.47 Å². The van der Waals surface area contributed by atoms with Crippen LogP contribution >= 0.6 is 0 Å². The molecule has 4 rings (SSSR count). The lowest BCUT2D eigenvalue weighted by Gasteiger charge is -2.30. The molecule has 2 heterocycles. The molecule has 0 unspecified atom stereocenters. The zero-order valence-electron chi connectivity index (χ0n) is 14.7. The molecule has 25 heavy (non-hydrogen) atoms. The maximum absolute atomic E-state index is 10.3. The van der Waals surface area contributed by atoms with E-state index in [1.165, 1.54) is 5.56 Å². The molecule has 0 amide bonds. The predicted octanol–water partition coefficient (Wildman–Crippen LogP) is 3.69. The van der Waals surface area contributed by atoms with Gasteiger partial charge in [0.15, 0.2) is 11.5 Å². The highest BCUT2D eigenvalue weighted by molar-refractivity contribution is 5.72. The Morgan fingerprint density at radius 2 is 1.88 bits per heavy atom. The van der Waals surface area contributed by atoms with E-state index in [2.05, 4.69) is 23.1 Å². The third-order valence-electron chi connectivity index (χ3n) is 5.64. The molecule has 0 aromatic heterocycles. The molecule has 4 nitrogen and oxygen atoms in total. The second kappa shape index (κ2) is 6.00. The SMILES string of the molecule is COc1cc2c(cc1OC)[C@](C#N)(Cc1ccccc1)[C@H]1CCCN21. The van der Waals surface area contributed by atoms with Crippen molar-refractivity contribution >= 4 is 5.69 Å². The van der Waals surface area contributed by atoms with Crippen molar-refractivity contribution in [3.8, 4) is 17.6 Å². The average molecular weight is 334 g/mol. The van der Waals surface area contributed by atoms with Gasteiger partial charge < -0.3 is 14.4 Å². The van der Waals surface area contributed by atoms with Crippen LogP contribution < -0.4 is 14.4 Å². The van der Waals surface area contributed by atoms with Crippen LogP contribution in [0.25, 0.3) is 0 Å². The van der Waals surface area contributed by atoms with Crippen LogP contribution in [0.4, 0.5) is 5.69 Å².